The highest BCUT2D eigenvalue weighted by molar-refractivity contribution is 5.95. The van der Waals surface area contributed by atoms with Gasteiger partial charge in [0.05, 0.1) is 12.0 Å². The van der Waals surface area contributed by atoms with Crippen molar-refractivity contribution in [2.24, 2.45) is 5.73 Å². The van der Waals surface area contributed by atoms with Gasteiger partial charge in [0, 0.05) is 17.8 Å². The molecular weight excluding hydrogens is 224 g/mol. The minimum atomic E-state index is 0.110. The molecule has 18 heavy (non-hydrogen) atoms. The Bertz CT molecular complexity index is 596. The molecule has 0 bridgehead atoms. The van der Waals surface area contributed by atoms with Crippen molar-refractivity contribution >= 4 is 5.84 Å². The Morgan fingerprint density at radius 2 is 2.06 bits per heavy atom. The SMILES string of the molecule is Cc1cc(C(=N)N)ccc1Cn1cnc(C)c1C. The largest absolute Gasteiger partial charge is 0.384 e. The predicted molar refractivity (Wildman–Crippen MR) is 73.0 cm³/mol. The quantitative estimate of drug-likeness (QED) is 0.639. The van der Waals surface area contributed by atoms with Gasteiger partial charge in [0.2, 0.25) is 0 Å². The van der Waals surface area contributed by atoms with Crippen molar-refractivity contribution in [2.75, 3.05) is 0 Å². The number of amidine groups is 1. The molecule has 1 aromatic heterocycles. The van der Waals surface area contributed by atoms with E-state index >= 15 is 0 Å². The Morgan fingerprint density at radius 1 is 1.33 bits per heavy atom. The van der Waals surface area contributed by atoms with Gasteiger partial charge in [-0.05, 0) is 38.0 Å². The molecule has 0 radical (unpaired) electrons. The summed E-state index contributed by atoms with van der Waals surface area (Å²) in [6.45, 7) is 6.93. The van der Waals surface area contributed by atoms with Gasteiger partial charge in [-0.2, -0.15) is 0 Å². The van der Waals surface area contributed by atoms with Crippen LogP contribution in [0.1, 0.15) is 28.1 Å². The fraction of sp³-hybridized carbons (Fsp3) is 0.286. The van der Waals surface area contributed by atoms with Crippen molar-refractivity contribution in [1.29, 1.82) is 5.41 Å². The average molecular weight is 242 g/mol. The zero-order valence-corrected chi connectivity index (χ0v) is 11.0. The number of nitrogen functional groups attached to an aromatic ring is 1. The van der Waals surface area contributed by atoms with Crippen LogP contribution in [-0.2, 0) is 6.54 Å². The molecule has 0 aliphatic heterocycles. The highest BCUT2D eigenvalue weighted by Crippen LogP contribution is 2.14. The van der Waals surface area contributed by atoms with Crippen LogP contribution >= 0.6 is 0 Å². The summed E-state index contributed by atoms with van der Waals surface area (Å²) in [6.07, 6.45) is 1.86. The highest BCUT2D eigenvalue weighted by Gasteiger charge is 2.06. The van der Waals surface area contributed by atoms with E-state index in [1.807, 2.05) is 38.4 Å². The number of aryl methyl sites for hydroxylation is 2. The van der Waals surface area contributed by atoms with Crippen molar-refractivity contribution in [3.8, 4) is 0 Å². The minimum absolute atomic E-state index is 0.110. The second kappa shape index (κ2) is 4.64. The Hall–Kier alpha value is -2.10. The maximum atomic E-state index is 7.42. The number of nitrogens with one attached hydrogen (secondary N) is 1. The zero-order chi connectivity index (χ0) is 13.3. The first kappa shape index (κ1) is 12.4. The standard InChI is InChI=1S/C14H18N4/c1-9-6-12(14(15)16)4-5-13(9)7-18-8-17-10(2)11(18)3/h4-6,8H,7H2,1-3H3,(H3,15,16). The predicted octanol–water partition coefficient (Wildman–Crippen LogP) is 2.14. The van der Waals surface area contributed by atoms with E-state index in [-0.39, 0.29) is 5.84 Å². The number of benzene rings is 1. The van der Waals surface area contributed by atoms with Crippen LogP contribution in [0.3, 0.4) is 0 Å². The molecule has 0 unspecified atom stereocenters. The summed E-state index contributed by atoms with van der Waals surface area (Å²) >= 11 is 0. The smallest absolute Gasteiger partial charge is 0.122 e. The average Bonchev–Trinajstić information content (AvgIpc) is 2.63. The third kappa shape index (κ3) is 2.27. The molecule has 1 aromatic carbocycles. The van der Waals surface area contributed by atoms with E-state index in [0.717, 1.165) is 23.4 Å². The topological polar surface area (TPSA) is 67.7 Å². The van der Waals surface area contributed by atoms with Crippen LogP contribution < -0.4 is 5.73 Å². The van der Waals surface area contributed by atoms with Crippen LogP contribution in [0.4, 0.5) is 0 Å². The molecule has 0 saturated heterocycles. The lowest BCUT2D eigenvalue weighted by Crippen LogP contribution is -2.12. The fourth-order valence-corrected chi connectivity index (χ4v) is 1.93. The third-order valence-electron chi connectivity index (χ3n) is 3.34. The van der Waals surface area contributed by atoms with Gasteiger partial charge in [-0.3, -0.25) is 5.41 Å². The van der Waals surface area contributed by atoms with Crippen LogP contribution in [0.25, 0.3) is 0 Å². The number of hydrogen-bond donors (Lipinski definition) is 2. The van der Waals surface area contributed by atoms with Crippen LogP contribution in [0.5, 0.6) is 0 Å². The number of rotatable bonds is 3. The third-order valence-corrected chi connectivity index (χ3v) is 3.34. The molecule has 94 valence electrons. The van der Waals surface area contributed by atoms with E-state index in [2.05, 4.69) is 16.5 Å². The van der Waals surface area contributed by atoms with Gasteiger partial charge in [0.15, 0.2) is 0 Å². The second-order valence-corrected chi connectivity index (χ2v) is 4.60. The van der Waals surface area contributed by atoms with Crippen molar-refractivity contribution in [2.45, 2.75) is 27.3 Å². The molecule has 4 nitrogen and oxygen atoms in total. The Balaban J connectivity index is 2.30. The fourth-order valence-electron chi connectivity index (χ4n) is 1.93. The van der Waals surface area contributed by atoms with Crippen LogP contribution in [0.2, 0.25) is 0 Å². The molecule has 0 fully saturated rings. The van der Waals surface area contributed by atoms with Crippen LogP contribution in [-0.4, -0.2) is 15.4 Å². The van der Waals surface area contributed by atoms with E-state index in [1.165, 1.54) is 11.3 Å². The first-order valence-electron chi connectivity index (χ1n) is 5.91. The normalized spacial score (nSPS) is 10.6. The van der Waals surface area contributed by atoms with Gasteiger partial charge in [-0.15, -0.1) is 0 Å². The lowest BCUT2D eigenvalue weighted by molar-refractivity contribution is 0.764. The van der Waals surface area contributed by atoms with Crippen molar-refractivity contribution in [3.63, 3.8) is 0 Å². The molecule has 2 rings (SSSR count). The summed E-state index contributed by atoms with van der Waals surface area (Å²) in [5.41, 5.74) is 10.9. The van der Waals surface area contributed by atoms with Crippen molar-refractivity contribution < 1.29 is 0 Å². The molecule has 0 aliphatic rings. The summed E-state index contributed by atoms with van der Waals surface area (Å²) in [5, 5.41) is 7.42. The maximum Gasteiger partial charge on any atom is 0.122 e. The van der Waals surface area contributed by atoms with Gasteiger partial charge in [0.25, 0.3) is 0 Å². The van der Waals surface area contributed by atoms with Crippen molar-refractivity contribution in [1.82, 2.24) is 9.55 Å². The van der Waals surface area contributed by atoms with Gasteiger partial charge in [0.1, 0.15) is 5.84 Å². The van der Waals surface area contributed by atoms with E-state index < -0.39 is 0 Å². The molecule has 2 aromatic rings. The number of nitrogens with two attached hydrogens (primary N) is 1. The summed E-state index contributed by atoms with van der Waals surface area (Å²) in [6, 6.07) is 5.88. The van der Waals surface area contributed by atoms with Crippen molar-refractivity contribution in [3.05, 3.63) is 52.6 Å². The second-order valence-electron chi connectivity index (χ2n) is 4.60. The molecule has 4 heteroatoms. The van der Waals surface area contributed by atoms with Gasteiger partial charge < -0.3 is 10.3 Å². The van der Waals surface area contributed by atoms with Gasteiger partial charge in [-0.25, -0.2) is 4.98 Å². The van der Waals surface area contributed by atoms with Crippen LogP contribution in [0, 0.1) is 26.2 Å². The number of aromatic nitrogens is 2. The molecule has 3 N–H and O–H groups in total. The summed E-state index contributed by atoms with van der Waals surface area (Å²) in [4.78, 5) is 4.30. The molecular formula is C14H18N4. The number of hydrogen-bond acceptors (Lipinski definition) is 2. The summed E-state index contributed by atoms with van der Waals surface area (Å²) in [5.74, 6) is 0.110. The number of nitrogens with zero attached hydrogens (tertiary/aromatic N) is 2. The maximum absolute atomic E-state index is 7.42. The number of imidazole rings is 1. The van der Waals surface area contributed by atoms with E-state index in [0.29, 0.717) is 0 Å². The first-order chi connectivity index (χ1) is 8.49. The zero-order valence-electron chi connectivity index (χ0n) is 11.0. The van der Waals surface area contributed by atoms with E-state index in [4.69, 9.17) is 11.1 Å². The van der Waals surface area contributed by atoms with Gasteiger partial charge >= 0.3 is 0 Å². The summed E-state index contributed by atoms with van der Waals surface area (Å²) < 4.78 is 2.13. The Labute approximate surface area is 107 Å². The molecule has 0 amide bonds. The van der Waals surface area contributed by atoms with Gasteiger partial charge in [-0.1, -0.05) is 12.1 Å². The van der Waals surface area contributed by atoms with Crippen LogP contribution in [0.15, 0.2) is 24.5 Å². The highest BCUT2D eigenvalue weighted by atomic mass is 15.0. The first-order valence-corrected chi connectivity index (χ1v) is 5.91. The van der Waals surface area contributed by atoms with E-state index in [1.54, 1.807) is 0 Å². The molecule has 0 spiro atoms. The molecule has 0 aliphatic carbocycles. The Morgan fingerprint density at radius 3 is 2.56 bits per heavy atom. The lowest BCUT2D eigenvalue weighted by Gasteiger charge is -2.10. The monoisotopic (exact) mass is 242 g/mol. The molecule has 1 heterocycles. The summed E-state index contributed by atoms with van der Waals surface area (Å²) in [7, 11) is 0. The molecule has 0 atom stereocenters. The molecule has 0 saturated carbocycles. The Kier molecular flexibility index (Phi) is 3.19. The minimum Gasteiger partial charge on any atom is -0.384 e. The van der Waals surface area contributed by atoms with E-state index in [9.17, 15) is 0 Å². The lowest BCUT2D eigenvalue weighted by atomic mass is 10.0.